The molecule has 1 aromatic carbocycles. The zero-order chi connectivity index (χ0) is 18.5. The molecule has 26 heavy (non-hydrogen) atoms. The molecule has 6 nitrogen and oxygen atoms in total. The number of carbonyl (C=O) groups excluding carboxylic acids is 2. The van der Waals surface area contributed by atoms with E-state index in [0.717, 1.165) is 49.4 Å². The first kappa shape index (κ1) is 18.1. The molecule has 0 unspecified atom stereocenters. The van der Waals surface area contributed by atoms with Crippen molar-refractivity contribution < 1.29 is 9.59 Å². The van der Waals surface area contributed by atoms with Gasteiger partial charge in [0, 0.05) is 30.0 Å². The molecule has 3 N–H and O–H groups in total. The second-order valence-electron chi connectivity index (χ2n) is 6.80. The molecule has 1 aromatic heterocycles. The molecule has 2 heterocycles. The minimum Gasteiger partial charge on any atom is -0.369 e. The van der Waals surface area contributed by atoms with Gasteiger partial charge in [-0.3, -0.25) is 19.5 Å². The number of anilines is 1. The van der Waals surface area contributed by atoms with Gasteiger partial charge in [-0.2, -0.15) is 0 Å². The SMILES string of the molecule is Cc1ccc(C(=O)Nc2cccc(CN3CCC(C(N)=O)CC3)c2)cn1. The number of nitrogens with zero attached hydrogens (tertiary/aromatic N) is 2. The molecule has 0 atom stereocenters. The van der Waals surface area contributed by atoms with Crippen LogP contribution in [0.3, 0.4) is 0 Å². The van der Waals surface area contributed by atoms with E-state index < -0.39 is 0 Å². The number of carbonyl (C=O) groups is 2. The molecule has 0 bridgehead atoms. The summed E-state index contributed by atoms with van der Waals surface area (Å²) in [4.78, 5) is 30.0. The van der Waals surface area contributed by atoms with Crippen molar-refractivity contribution in [3.63, 3.8) is 0 Å². The van der Waals surface area contributed by atoms with Crippen molar-refractivity contribution in [2.75, 3.05) is 18.4 Å². The minimum atomic E-state index is -0.194. The normalized spacial score (nSPS) is 15.6. The average Bonchev–Trinajstić information content (AvgIpc) is 2.63. The third kappa shape index (κ3) is 4.67. The number of hydrogen-bond donors (Lipinski definition) is 2. The maximum Gasteiger partial charge on any atom is 0.257 e. The second kappa shape index (κ2) is 8.10. The van der Waals surface area contributed by atoms with E-state index >= 15 is 0 Å². The quantitative estimate of drug-likeness (QED) is 0.864. The first-order valence-corrected chi connectivity index (χ1v) is 8.86. The lowest BCUT2D eigenvalue weighted by Gasteiger charge is -2.30. The topological polar surface area (TPSA) is 88.3 Å². The van der Waals surface area contributed by atoms with Crippen molar-refractivity contribution in [2.24, 2.45) is 11.7 Å². The van der Waals surface area contributed by atoms with Gasteiger partial charge in [-0.1, -0.05) is 12.1 Å². The average molecular weight is 352 g/mol. The highest BCUT2D eigenvalue weighted by molar-refractivity contribution is 6.04. The molecule has 1 saturated heterocycles. The lowest BCUT2D eigenvalue weighted by Crippen LogP contribution is -2.38. The van der Waals surface area contributed by atoms with Gasteiger partial charge in [0.15, 0.2) is 0 Å². The Bertz CT molecular complexity index is 781. The third-order valence-corrected chi connectivity index (χ3v) is 4.75. The fourth-order valence-corrected chi connectivity index (χ4v) is 3.19. The summed E-state index contributed by atoms with van der Waals surface area (Å²) in [7, 11) is 0. The summed E-state index contributed by atoms with van der Waals surface area (Å²) < 4.78 is 0. The van der Waals surface area contributed by atoms with E-state index in [1.54, 1.807) is 12.3 Å². The van der Waals surface area contributed by atoms with Crippen LogP contribution in [-0.4, -0.2) is 34.8 Å². The summed E-state index contributed by atoms with van der Waals surface area (Å²) in [6.07, 6.45) is 3.20. The van der Waals surface area contributed by atoms with Crippen molar-refractivity contribution in [2.45, 2.75) is 26.3 Å². The lowest BCUT2D eigenvalue weighted by atomic mass is 9.96. The minimum absolute atomic E-state index is 0.00000824. The van der Waals surface area contributed by atoms with Gasteiger partial charge in [0.1, 0.15) is 0 Å². The predicted molar refractivity (Wildman–Crippen MR) is 101 cm³/mol. The standard InChI is InChI=1S/C20H24N4O2/c1-14-5-6-17(12-22-14)20(26)23-18-4-2-3-15(11-18)13-24-9-7-16(8-10-24)19(21)25/h2-6,11-12,16H,7-10,13H2,1H3,(H2,21,25)(H,23,26). The molecule has 1 aliphatic heterocycles. The molecule has 0 radical (unpaired) electrons. The van der Waals surface area contributed by atoms with Crippen LogP contribution in [0, 0.1) is 12.8 Å². The maximum absolute atomic E-state index is 12.3. The molecule has 2 aromatic rings. The molecule has 1 aliphatic rings. The number of aromatic nitrogens is 1. The Hall–Kier alpha value is -2.73. The number of aryl methyl sites for hydroxylation is 1. The summed E-state index contributed by atoms with van der Waals surface area (Å²) in [6, 6.07) is 11.4. The van der Waals surface area contributed by atoms with Crippen LogP contribution in [0.25, 0.3) is 0 Å². The number of pyridine rings is 1. The van der Waals surface area contributed by atoms with Crippen LogP contribution < -0.4 is 11.1 Å². The van der Waals surface area contributed by atoms with Crippen LogP contribution in [0.2, 0.25) is 0 Å². The molecule has 3 rings (SSSR count). The van der Waals surface area contributed by atoms with Crippen molar-refractivity contribution >= 4 is 17.5 Å². The van der Waals surface area contributed by atoms with Crippen LogP contribution in [-0.2, 0) is 11.3 Å². The van der Waals surface area contributed by atoms with Crippen LogP contribution in [0.5, 0.6) is 0 Å². The van der Waals surface area contributed by atoms with Gasteiger partial charge >= 0.3 is 0 Å². The number of benzene rings is 1. The number of likely N-dealkylation sites (tertiary alicyclic amines) is 1. The molecule has 0 spiro atoms. The smallest absolute Gasteiger partial charge is 0.257 e. The van der Waals surface area contributed by atoms with E-state index in [9.17, 15) is 9.59 Å². The molecular formula is C20H24N4O2. The highest BCUT2D eigenvalue weighted by Crippen LogP contribution is 2.20. The summed E-state index contributed by atoms with van der Waals surface area (Å²) >= 11 is 0. The number of rotatable bonds is 5. The number of hydrogen-bond acceptors (Lipinski definition) is 4. The van der Waals surface area contributed by atoms with Crippen molar-refractivity contribution in [1.82, 2.24) is 9.88 Å². The fraction of sp³-hybridized carbons (Fsp3) is 0.350. The van der Waals surface area contributed by atoms with Crippen LogP contribution in [0.1, 0.15) is 34.5 Å². The molecule has 2 amide bonds. The third-order valence-electron chi connectivity index (χ3n) is 4.75. The van der Waals surface area contributed by atoms with Gasteiger partial charge in [-0.05, 0) is 62.7 Å². The van der Waals surface area contributed by atoms with Gasteiger partial charge in [0.25, 0.3) is 5.91 Å². The van der Waals surface area contributed by atoms with Crippen molar-refractivity contribution in [3.8, 4) is 0 Å². The Morgan fingerprint density at radius 2 is 2.00 bits per heavy atom. The lowest BCUT2D eigenvalue weighted by molar-refractivity contribution is -0.123. The van der Waals surface area contributed by atoms with Gasteiger partial charge in [-0.15, -0.1) is 0 Å². The first-order chi connectivity index (χ1) is 12.5. The highest BCUT2D eigenvalue weighted by atomic mass is 16.2. The van der Waals surface area contributed by atoms with E-state index in [1.807, 2.05) is 37.3 Å². The number of primary amides is 1. The largest absolute Gasteiger partial charge is 0.369 e. The first-order valence-electron chi connectivity index (χ1n) is 8.86. The van der Waals surface area contributed by atoms with E-state index in [4.69, 9.17) is 5.73 Å². The Kier molecular flexibility index (Phi) is 5.63. The molecule has 6 heteroatoms. The second-order valence-corrected chi connectivity index (χ2v) is 6.80. The number of nitrogens with one attached hydrogen (secondary N) is 1. The highest BCUT2D eigenvalue weighted by Gasteiger charge is 2.23. The van der Waals surface area contributed by atoms with E-state index in [0.29, 0.717) is 5.56 Å². The zero-order valence-corrected chi connectivity index (χ0v) is 14.9. The molecule has 1 fully saturated rings. The van der Waals surface area contributed by atoms with Crippen LogP contribution in [0.15, 0.2) is 42.6 Å². The summed E-state index contributed by atoms with van der Waals surface area (Å²) in [6.45, 7) is 4.40. The van der Waals surface area contributed by atoms with Gasteiger partial charge in [0.2, 0.25) is 5.91 Å². The zero-order valence-electron chi connectivity index (χ0n) is 14.9. The van der Waals surface area contributed by atoms with Crippen molar-refractivity contribution in [1.29, 1.82) is 0 Å². The van der Waals surface area contributed by atoms with E-state index in [1.165, 1.54) is 0 Å². The van der Waals surface area contributed by atoms with Crippen LogP contribution in [0.4, 0.5) is 5.69 Å². The molecule has 136 valence electrons. The summed E-state index contributed by atoms with van der Waals surface area (Å²) in [5, 5.41) is 2.92. The Morgan fingerprint density at radius 1 is 1.23 bits per heavy atom. The fourth-order valence-electron chi connectivity index (χ4n) is 3.19. The predicted octanol–water partition coefficient (Wildman–Crippen LogP) is 2.34. The number of amides is 2. The Balaban J connectivity index is 1.59. The van der Waals surface area contributed by atoms with E-state index in [2.05, 4.69) is 15.2 Å². The molecule has 0 saturated carbocycles. The molecule has 0 aliphatic carbocycles. The Morgan fingerprint density at radius 3 is 2.65 bits per heavy atom. The summed E-state index contributed by atoms with van der Waals surface area (Å²) in [5.74, 6) is -0.364. The Labute approximate surface area is 153 Å². The van der Waals surface area contributed by atoms with Crippen molar-refractivity contribution in [3.05, 3.63) is 59.4 Å². The monoisotopic (exact) mass is 352 g/mol. The number of nitrogens with two attached hydrogens (primary N) is 1. The summed E-state index contributed by atoms with van der Waals surface area (Å²) in [5.41, 5.74) is 8.69. The van der Waals surface area contributed by atoms with Gasteiger partial charge in [-0.25, -0.2) is 0 Å². The maximum atomic E-state index is 12.3. The molecular weight excluding hydrogens is 328 g/mol. The van der Waals surface area contributed by atoms with Crippen LogP contribution >= 0.6 is 0 Å². The number of piperidine rings is 1. The van der Waals surface area contributed by atoms with Gasteiger partial charge in [0.05, 0.1) is 5.56 Å². The van der Waals surface area contributed by atoms with Gasteiger partial charge < -0.3 is 11.1 Å². The van der Waals surface area contributed by atoms with E-state index in [-0.39, 0.29) is 17.7 Å².